The summed E-state index contributed by atoms with van der Waals surface area (Å²) in [4.78, 5) is 39.0. The van der Waals surface area contributed by atoms with Gasteiger partial charge in [-0.05, 0) is 38.5 Å². The first kappa shape index (κ1) is 25.4. The van der Waals surface area contributed by atoms with E-state index in [0.717, 1.165) is 5.56 Å². The van der Waals surface area contributed by atoms with Crippen LogP contribution in [0.25, 0.3) is 0 Å². The Morgan fingerprint density at radius 2 is 2.00 bits per heavy atom. The summed E-state index contributed by atoms with van der Waals surface area (Å²) < 4.78 is 9.26. The molecule has 1 aliphatic rings. The van der Waals surface area contributed by atoms with Gasteiger partial charge in [0.2, 0.25) is 5.91 Å². The molecule has 32 heavy (non-hydrogen) atoms. The molecule has 1 saturated heterocycles. The number of terminal acetylenes is 1. The fourth-order valence-corrected chi connectivity index (χ4v) is 4.38. The minimum atomic E-state index is -1.56. The molecule has 174 valence electrons. The van der Waals surface area contributed by atoms with E-state index in [2.05, 4.69) is 16.6 Å². The van der Waals surface area contributed by atoms with E-state index in [1.54, 1.807) is 19.2 Å². The highest BCUT2D eigenvalue weighted by Crippen LogP contribution is 2.39. The number of nitrogens with zero attached hydrogens (tertiary/aromatic N) is 1. The monoisotopic (exact) mass is 463 g/mol. The van der Waals surface area contributed by atoms with Gasteiger partial charge in [0.25, 0.3) is 5.91 Å². The van der Waals surface area contributed by atoms with Crippen molar-refractivity contribution in [1.29, 1.82) is 0 Å². The zero-order chi connectivity index (χ0) is 23.9. The van der Waals surface area contributed by atoms with Crippen LogP contribution < -0.4 is 15.4 Å². The summed E-state index contributed by atoms with van der Waals surface area (Å²) in [5, 5.41) is 15.7. The molecule has 1 aromatic carbocycles. The molecule has 2 rings (SSSR count). The molecule has 0 saturated carbocycles. The van der Waals surface area contributed by atoms with E-state index in [4.69, 9.17) is 15.9 Å². The molecular weight excluding hydrogens is 434 g/mol. The van der Waals surface area contributed by atoms with Crippen LogP contribution >= 0.6 is 11.8 Å². The first-order valence-corrected chi connectivity index (χ1v) is 11.0. The van der Waals surface area contributed by atoms with Gasteiger partial charge in [-0.2, -0.15) is 0 Å². The maximum Gasteiger partial charge on any atom is 0.408 e. The number of hydrogen-bond acceptors (Lipinski definition) is 7. The van der Waals surface area contributed by atoms with Crippen molar-refractivity contribution in [2.24, 2.45) is 0 Å². The summed E-state index contributed by atoms with van der Waals surface area (Å²) >= 11 is 1.44. The standard InChI is InChI=1S/C22H29N3O6S/c1-6-11-31-21(29)24-14(2)17(26)20(28)25-13-32-22(3,4)18(25)19(27)23-12-15-7-9-16(30-5)10-8-15/h1,7-10,14,17-18,26H,11-13H2,2-5H3,(H,23,27)(H,24,29)/t14?,17?,18-/m1/s1. The van der Waals surface area contributed by atoms with Gasteiger partial charge in [0.1, 0.15) is 11.8 Å². The number of carbonyl (C=O) groups excluding carboxylic acids is 3. The number of carbonyl (C=O) groups is 3. The van der Waals surface area contributed by atoms with Crippen molar-refractivity contribution in [3.05, 3.63) is 29.8 Å². The number of aliphatic hydroxyl groups is 1. The quantitative estimate of drug-likeness (QED) is 0.494. The van der Waals surface area contributed by atoms with Crippen LogP contribution in [0.2, 0.25) is 0 Å². The van der Waals surface area contributed by atoms with E-state index in [-0.39, 0.29) is 24.9 Å². The topological polar surface area (TPSA) is 117 Å². The lowest BCUT2D eigenvalue weighted by Gasteiger charge is -2.32. The van der Waals surface area contributed by atoms with Crippen LogP contribution in [0.5, 0.6) is 5.75 Å². The van der Waals surface area contributed by atoms with Crippen LogP contribution in [0.3, 0.4) is 0 Å². The number of benzene rings is 1. The summed E-state index contributed by atoms with van der Waals surface area (Å²) in [5.74, 6) is 2.11. The Balaban J connectivity index is 2.04. The van der Waals surface area contributed by atoms with E-state index in [1.807, 2.05) is 26.0 Å². The lowest BCUT2D eigenvalue weighted by Crippen LogP contribution is -2.57. The summed E-state index contributed by atoms with van der Waals surface area (Å²) in [5.41, 5.74) is 0.879. The third-order valence-corrected chi connectivity index (χ3v) is 6.44. The van der Waals surface area contributed by atoms with Crippen molar-refractivity contribution in [1.82, 2.24) is 15.5 Å². The number of amides is 3. The molecule has 3 amide bonds. The molecule has 1 aliphatic heterocycles. The largest absolute Gasteiger partial charge is 0.497 e. The van der Waals surface area contributed by atoms with E-state index < -0.39 is 34.9 Å². The average Bonchev–Trinajstić information content (AvgIpc) is 3.10. The third kappa shape index (κ3) is 6.31. The van der Waals surface area contributed by atoms with Crippen molar-refractivity contribution in [2.45, 2.75) is 50.3 Å². The summed E-state index contributed by atoms with van der Waals surface area (Å²) in [6, 6.07) is 5.54. The van der Waals surface area contributed by atoms with E-state index in [9.17, 15) is 19.5 Å². The van der Waals surface area contributed by atoms with Crippen LogP contribution in [-0.4, -0.2) is 70.4 Å². The zero-order valence-corrected chi connectivity index (χ0v) is 19.4. The van der Waals surface area contributed by atoms with Gasteiger partial charge in [-0.25, -0.2) is 4.79 Å². The van der Waals surface area contributed by atoms with Crippen LogP contribution in [0.4, 0.5) is 4.79 Å². The predicted molar refractivity (Wildman–Crippen MR) is 121 cm³/mol. The van der Waals surface area contributed by atoms with Gasteiger partial charge in [-0.1, -0.05) is 18.1 Å². The average molecular weight is 464 g/mol. The number of alkyl carbamates (subject to hydrolysis) is 1. The zero-order valence-electron chi connectivity index (χ0n) is 18.6. The van der Waals surface area contributed by atoms with Crippen molar-refractivity contribution >= 4 is 29.7 Å². The fraction of sp³-hybridized carbons (Fsp3) is 0.500. The second-order valence-electron chi connectivity index (χ2n) is 7.81. The Labute approximate surface area is 192 Å². The summed E-state index contributed by atoms with van der Waals surface area (Å²) in [7, 11) is 1.58. The van der Waals surface area contributed by atoms with Crippen LogP contribution in [0.15, 0.2) is 24.3 Å². The van der Waals surface area contributed by atoms with Gasteiger partial charge in [-0.3, -0.25) is 9.59 Å². The van der Waals surface area contributed by atoms with Gasteiger partial charge in [0.15, 0.2) is 12.7 Å². The molecule has 0 aliphatic carbocycles. The molecule has 0 bridgehead atoms. The molecule has 1 fully saturated rings. The lowest BCUT2D eigenvalue weighted by atomic mass is 9.99. The highest BCUT2D eigenvalue weighted by Gasteiger charge is 2.49. The number of thioether (sulfide) groups is 1. The number of methoxy groups -OCH3 is 1. The maximum atomic E-state index is 13.0. The Morgan fingerprint density at radius 3 is 2.59 bits per heavy atom. The molecule has 9 nitrogen and oxygen atoms in total. The summed E-state index contributed by atoms with van der Waals surface area (Å²) in [6.45, 7) is 5.26. The van der Waals surface area contributed by atoms with Gasteiger partial charge in [-0.15, -0.1) is 18.2 Å². The number of rotatable bonds is 8. The van der Waals surface area contributed by atoms with Crippen molar-refractivity contribution in [2.75, 3.05) is 19.6 Å². The number of ether oxygens (including phenoxy) is 2. The molecule has 10 heteroatoms. The van der Waals surface area contributed by atoms with Gasteiger partial charge in [0.05, 0.1) is 19.0 Å². The third-order valence-electron chi connectivity index (χ3n) is 5.06. The Bertz CT molecular complexity index is 867. The maximum absolute atomic E-state index is 13.0. The molecule has 2 unspecified atom stereocenters. The lowest BCUT2D eigenvalue weighted by molar-refractivity contribution is -0.147. The van der Waals surface area contributed by atoms with Gasteiger partial charge < -0.3 is 30.1 Å². The van der Waals surface area contributed by atoms with Gasteiger partial charge in [0, 0.05) is 11.3 Å². The molecule has 0 radical (unpaired) electrons. The minimum absolute atomic E-state index is 0.226. The predicted octanol–water partition coefficient (Wildman–Crippen LogP) is 1.10. The van der Waals surface area contributed by atoms with E-state index in [0.29, 0.717) is 5.75 Å². The molecule has 1 heterocycles. The number of hydrogen-bond donors (Lipinski definition) is 3. The number of nitrogens with one attached hydrogen (secondary N) is 2. The SMILES string of the molecule is C#CCOC(=O)NC(C)C(O)C(=O)N1CSC(C)(C)[C@H]1C(=O)NCc1ccc(OC)cc1. The highest BCUT2D eigenvalue weighted by atomic mass is 32.2. The normalized spacial score (nSPS) is 18.8. The van der Waals surface area contributed by atoms with E-state index >= 15 is 0 Å². The van der Waals surface area contributed by atoms with Crippen molar-refractivity contribution in [3.63, 3.8) is 0 Å². The highest BCUT2D eigenvalue weighted by molar-refractivity contribution is 8.00. The smallest absolute Gasteiger partial charge is 0.408 e. The second-order valence-corrected chi connectivity index (χ2v) is 9.41. The van der Waals surface area contributed by atoms with Crippen LogP contribution in [0, 0.1) is 12.3 Å². The summed E-state index contributed by atoms with van der Waals surface area (Å²) in [6.07, 6.45) is 2.63. The molecule has 1 aromatic rings. The Hall–Kier alpha value is -2.90. The molecule has 3 N–H and O–H groups in total. The molecule has 0 spiro atoms. The van der Waals surface area contributed by atoms with Crippen LogP contribution in [0.1, 0.15) is 26.3 Å². The molecule has 0 aromatic heterocycles. The first-order valence-electron chi connectivity index (χ1n) is 10.0. The van der Waals surface area contributed by atoms with Crippen molar-refractivity contribution < 1.29 is 29.0 Å². The number of aliphatic hydroxyl groups excluding tert-OH is 1. The van der Waals surface area contributed by atoms with Crippen LogP contribution in [-0.2, 0) is 20.9 Å². The minimum Gasteiger partial charge on any atom is -0.497 e. The molecular formula is C22H29N3O6S. The first-order chi connectivity index (χ1) is 15.1. The molecule has 3 atom stereocenters. The van der Waals surface area contributed by atoms with Crippen molar-refractivity contribution in [3.8, 4) is 18.1 Å². The Morgan fingerprint density at radius 1 is 1.34 bits per heavy atom. The fourth-order valence-electron chi connectivity index (χ4n) is 3.24. The van der Waals surface area contributed by atoms with Gasteiger partial charge >= 0.3 is 6.09 Å². The Kier molecular flexibility index (Phi) is 8.80. The second kappa shape index (κ2) is 11.1. The van der Waals surface area contributed by atoms with E-state index in [1.165, 1.54) is 23.6 Å².